The van der Waals surface area contributed by atoms with Crippen LogP contribution in [0.2, 0.25) is 0 Å². The number of carboxylic acids is 1. The van der Waals surface area contributed by atoms with E-state index in [1.165, 1.54) is 18.5 Å². The highest BCUT2D eigenvalue weighted by atomic mass is 16.5. The topological polar surface area (TPSA) is 105 Å². The fourth-order valence-corrected chi connectivity index (χ4v) is 1.46. The van der Waals surface area contributed by atoms with Crippen LogP contribution in [0.5, 0.6) is 0 Å². The fraction of sp³-hybridized carbons (Fsp3) is 0.167. The van der Waals surface area contributed by atoms with E-state index in [4.69, 9.17) is 9.63 Å². The summed E-state index contributed by atoms with van der Waals surface area (Å²) in [5.74, 6) is -1.25. The van der Waals surface area contributed by atoms with E-state index in [0.29, 0.717) is 16.9 Å². The zero-order valence-electron chi connectivity index (χ0n) is 10.1. The van der Waals surface area contributed by atoms with Gasteiger partial charge in [-0.15, -0.1) is 0 Å². The first-order chi connectivity index (χ1) is 9.06. The number of hydrogen-bond acceptors (Lipinski definition) is 5. The molecular formula is C12H11N3O4. The summed E-state index contributed by atoms with van der Waals surface area (Å²) in [6.07, 6.45) is 2.68. The lowest BCUT2D eigenvalue weighted by molar-refractivity contribution is -0.136. The second-order valence-electron chi connectivity index (χ2n) is 3.90. The summed E-state index contributed by atoms with van der Waals surface area (Å²) in [5.41, 5.74) is 1.50. The van der Waals surface area contributed by atoms with Gasteiger partial charge in [-0.3, -0.25) is 14.6 Å². The van der Waals surface area contributed by atoms with Crippen molar-refractivity contribution in [2.24, 2.45) is 0 Å². The molecule has 7 nitrogen and oxygen atoms in total. The van der Waals surface area contributed by atoms with Gasteiger partial charge >= 0.3 is 5.97 Å². The molecule has 0 atom stereocenters. The van der Waals surface area contributed by atoms with Crippen LogP contribution in [0.25, 0.3) is 0 Å². The van der Waals surface area contributed by atoms with Gasteiger partial charge in [0.1, 0.15) is 0 Å². The molecular weight excluding hydrogens is 250 g/mol. The molecule has 2 N–H and O–H groups in total. The van der Waals surface area contributed by atoms with Crippen LogP contribution in [0.1, 0.15) is 21.8 Å². The Morgan fingerprint density at radius 2 is 2.16 bits per heavy atom. The Bertz CT molecular complexity index is 604. The van der Waals surface area contributed by atoms with Gasteiger partial charge < -0.3 is 14.9 Å². The second kappa shape index (κ2) is 5.30. The Hall–Kier alpha value is -2.70. The molecule has 2 heterocycles. The molecule has 2 aromatic rings. The number of anilines is 1. The predicted molar refractivity (Wildman–Crippen MR) is 64.8 cm³/mol. The summed E-state index contributed by atoms with van der Waals surface area (Å²) in [4.78, 5) is 26.2. The number of carbonyl (C=O) groups excluding carboxylic acids is 1. The molecule has 0 spiro atoms. The van der Waals surface area contributed by atoms with Crippen LogP contribution in [0.4, 0.5) is 5.69 Å². The Morgan fingerprint density at radius 1 is 1.37 bits per heavy atom. The van der Waals surface area contributed by atoms with E-state index in [0.717, 1.165) is 0 Å². The summed E-state index contributed by atoms with van der Waals surface area (Å²) in [7, 11) is 0. The molecule has 1 amide bonds. The van der Waals surface area contributed by atoms with Crippen molar-refractivity contribution in [1.82, 2.24) is 10.1 Å². The van der Waals surface area contributed by atoms with Crippen molar-refractivity contribution in [2.75, 3.05) is 5.32 Å². The number of nitrogens with zero attached hydrogens (tertiary/aromatic N) is 2. The first-order valence-corrected chi connectivity index (χ1v) is 5.45. The maximum Gasteiger partial charge on any atom is 0.309 e. The average Bonchev–Trinajstić information content (AvgIpc) is 2.77. The lowest BCUT2D eigenvalue weighted by atomic mass is 10.2. The number of amides is 1. The van der Waals surface area contributed by atoms with Crippen molar-refractivity contribution in [3.63, 3.8) is 0 Å². The zero-order valence-corrected chi connectivity index (χ0v) is 10.1. The van der Waals surface area contributed by atoms with Gasteiger partial charge in [0.15, 0.2) is 0 Å². The van der Waals surface area contributed by atoms with E-state index in [1.807, 2.05) is 0 Å². The third-order valence-corrected chi connectivity index (χ3v) is 2.37. The molecule has 0 unspecified atom stereocenters. The van der Waals surface area contributed by atoms with Crippen LogP contribution in [0.3, 0.4) is 0 Å². The lowest BCUT2D eigenvalue weighted by Crippen LogP contribution is -2.12. The van der Waals surface area contributed by atoms with Gasteiger partial charge in [0.25, 0.3) is 5.91 Å². The SMILES string of the molecule is Cc1cnoc1C(=O)Nc1ccc(CC(=O)O)nc1. The highest BCUT2D eigenvalue weighted by molar-refractivity contribution is 6.02. The van der Waals surface area contributed by atoms with E-state index >= 15 is 0 Å². The van der Waals surface area contributed by atoms with Crippen molar-refractivity contribution in [1.29, 1.82) is 0 Å². The van der Waals surface area contributed by atoms with Gasteiger partial charge in [-0.25, -0.2) is 0 Å². The van der Waals surface area contributed by atoms with Gasteiger partial charge in [0.05, 0.1) is 30.2 Å². The Balaban J connectivity index is 2.06. The standard InChI is InChI=1S/C12H11N3O4/c1-7-5-14-19-11(7)12(18)15-9-3-2-8(13-6-9)4-10(16)17/h2-3,5-6H,4H2,1H3,(H,15,18)(H,16,17). The molecule has 0 aliphatic rings. The van der Waals surface area contributed by atoms with Crippen LogP contribution in [0.15, 0.2) is 29.0 Å². The van der Waals surface area contributed by atoms with Crippen LogP contribution in [-0.2, 0) is 11.2 Å². The Morgan fingerprint density at radius 3 is 2.68 bits per heavy atom. The maximum atomic E-state index is 11.8. The molecule has 2 aromatic heterocycles. The predicted octanol–water partition coefficient (Wildman–Crippen LogP) is 1.26. The van der Waals surface area contributed by atoms with Crippen LogP contribution >= 0.6 is 0 Å². The highest BCUT2D eigenvalue weighted by Crippen LogP contribution is 2.11. The molecule has 0 fully saturated rings. The van der Waals surface area contributed by atoms with Gasteiger partial charge in [-0.2, -0.15) is 0 Å². The van der Waals surface area contributed by atoms with Crippen molar-refractivity contribution in [3.05, 3.63) is 41.5 Å². The number of nitrogens with one attached hydrogen (secondary N) is 1. The largest absolute Gasteiger partial charge is 0.481 e. The van der Waals surface area contributed by atoms with Gasteiger partial charge in [-0.05, 0) is 19.1 Å². The van der Waals surface area contributed by atoms with Crippen molar-refractivity contribution in [2.45, 2.75) is 13.3 Å². The van der Waals surface area contributed by atoms with Crippen LogP contribution < -0.4 is 5.32 Å². The summed E-state index contributed by atoms with van der Waals surface area (Å²) in [5, 5.41) is 14.7. The quantitative estimate of drug-likeness (QED) is 0.858. The minimum atomic E-state index is -0.957. The number of aromatic nitrogens is 2. The first-order valence-electron chi connectivity index (χ1n) is 5.45. The number of hydrogen-bond donors (Lipinski definition) is 2. The highest BCUT2D eigenvalue weighted by Gasteiger charge is 2.14. The molecule has 2 rings (SSSR count). The van der Waals surface area contributed by atoms with E-state index < -0.39 is 11.9 Å². The smallest absolute Gasteiger partial charge is 0.309 e. The molecule has 0 aliphatic heterocycles. The van der Waals surface area contributed by atoms with Crippen molar-refractivity contribution >= 4 is 17.6 Å². The Kier molecular flexibility index (Phi) is 3.56. The maximum absolute atomic E-state index is 11.8. The summed E-state index contributed by atoms with van der Waals surface area (Å²) in [6.45, 7) is 1.71. The normalized spacial score (nSPS) is 10.2. The van der Waals surface area contributed by atoms with Gasteiger partial charge in [0.2, 0.25) is 5.76 Å². The van der Waals surface area contributed by atoms with Crippen LogP contribution in [0, 0.1) is 6.92 Å². The molecule has 0 bridgehead atoms. The van der Waals surface area contributed by atoms with Crippen molar-refractivity contribution in [3.8, 4) is 0 Å². The van der Waals surface area contributed by atoms with E-state index in [1.54, 1.807) is 13.0 Å². The third-order valence-electron chi connectivity index (χ3n) is 2.37. The Labute approximate surface area is 108 Å². The number of aryl methyl sites for hydroxylation is 1. The minimum Gasteiger partial charge on any atom is -0.481 e. The summed E-state index contributed by atoms with van der Waals surface area (Å²) >= 11 is 0. The third kappa shape index (κ3) is 3.15. The minimum absolute atomic E-state index is 0.134. The molecule has 0 saturated heterocycles. The van der Waals surface area contributed by atoms with Crippen molar-refractivity contribution < 1.29 is 19.2 Å². The molecule has 0 aliphatic carbocycles. The number of carboxylic acid groups (broad SMARTS) is 1. The van der Waals surface area contributed by atoms with E-state index in [-0.39, 0.29) is 12.2 Å². The van der Waals surface area contributed by atoms with Gasteiger partial charge in [-0.1, -0.05) is 5.16 Å². The van der Waals surface area contributed by atoms with Gasteiger partial charge in [0, 0.05) is 5.56 Å². The molecule has 0 radical (unpaired) electrons. The molecule has 0 aromatic carbocycles. The zero-order chi connectivity index (χ0) is 13.8. The molecule has 7 heteroatoms. The second-order valence-corrected chi connectivity index (χ2v) is 3.90. The average molecular weight is 261 g/mol. The lowest BCUT2D eigenvalue weighted by Gasteiger charge is -2.03. The number of carbonyl (C=O) groups is 2. The molecule has 0 saturated carbocycles. The van der Waals surface area contributed by atoms with E-state index in [2.05, 4.69) is 15.5 Å². The first kappa shape index (κ1) is 12.7. The van der Waals surface area contributed by atoms with E-state index in [9.17, 15) is 9.59 Å². The summed E-state index contributed by atoms with van der Waals surface area (Å²) < 4.78 is 4.81. The summed E-state index contributed by atoms with van der Waals surface area (Å²) in [6, 6.07) is 3.12. The number of aliphatic carboxylic acids is 1. The monoisotopic (exact) mass is 261 g/mol. The number of pyridine rings is 1. The molecule has 98 valence electrons. The molecule has 19 heavy (non-hydrogen) atoms. The van der Waals surface area contributed by atoms with Crippen LogP contribution in [-0.4, -0.2) is 27.1 Å². The number of rotatable bonds is 4. The fourth-order valence-electron chi connectivity index (χ4n) is 1.46.